The number of hydrogen-bond donors (Lipinski definition) is 1. The number of nitrogens with zero attached hydrogens (tertiary/aromatic N) is 1. The first kappa shape index (κ1) is 12.4. The predicted molar refractivity (Wildman–Crippen MR) is 85.4 cm³/mol. The Kier molecular flexibility index (Phi) is 3.25. The smallest absolute Gasteiger partial charge is 0.0372 e. The van der Waals surface area contributed by atoms with Crippen molar-refractivity contribution in [2.75, 3.05) is 25.0 Å². The molecule has 0 bridgehead atoms. The van der Waals surface area contributed by atoms with Gasteiger partial charge < -0.3 is 5.32 Å². The summed E-state index contributed by atoms with van der Waals surface area (Å²) in [4.78, 5) is 4.24. The summed E-state index contributed by atoms with van der Waals surface area (Å²) in [5.74, 6) is 0.741. The van der Waals surface area contributed by atoms with Crippen molar-refractivity contribution >= 4 is 17.0 Å². The van der Waals surface area contributed by atoms with Crippen LogP contribution in [0.2, 0.25) is 0 Å². The SMILES string of the molecule is c1ccc2c(c1)CC(CN1CCc3sccc3C1)CN2. The summed E-state index contributed by atoms with van der Waals surface area (Å²) in [6, 6.07) is 11.0. The van der Waals surface area contributed by atoms with Gasteiger partial charge >= 0.3 is 0 Å². The van der Waals surface area contributed by atoms with Crippen LogP contribution in [0.1, 0.15) is 16.0 Å². The first-order valence-corrected chi connectivity index (χ1v) is 8.36. The molecule has 0 spiro atoms. The van der Waals surface area contributed by atoms with E-state index in [1.165, 1.54) is 37.2 Å². The third kappa shape index (κ3) is 2.36. The maximum atomic E-state index is 3.59. The number of anilines is 1. The van der Waals surface area contributed by atoms with E-state index in [2.05, 4.69) is 45.9 Å². The van der Waals surface area contributed by atoms with Crippen LogP contribution in [0.25, 0.3) is 0 Å². The number of para-hydroxylation sites is 1. The largest absolute Gasteiger partial charge is 0.384 e. The van der Waals surface area contributed by atoms with Crippen molar-refractivity contribution in [3.8, 4) is 0 Å². The summed E-state index contributed by atoms with van der Waals surface area (Å²) in [5, 5.41) is 5.83. The molecule has 0 saturated carbocycles. The van der Waals surface area contributed by atoms with Crippen molar-refractivity contribution in [2.45, 2.75) is 19.4 Å². The molecule has 0 aliphatic carbocycles. The minimum Gasteiger partial charge on any atom is -0.384 e. The average molecular weight is 284 g/mol. The highest BCUT2D eigenvalue weighted by atomic mass is 32.1. The van der Waals surface area contributed by atoms with E-state index in [0.717, 1.165) is 19.0 Å². The van der Waals surface area contributed by atoms with Crippen LogP contribution in [0, 0.1) is 5.92 Å². The molecule has 2 aliphatic rings. The van der Waals surface area contributed by atoms with Gasteiger partial charge in [-0.1, -0.05) is 18.2 Å². The van der Waals surface area contributed by atoms with Gasteiger partial charge in [-0.2, -0.15) is 0 Å². The van der Waals surface area contributed by atoms with Gasteiger partial charge in [-0.3, -0.25) is 4.90 Å². The molecule has 2 aliphatic heterocycles. The molecule has 3 heteroatoms. The molecule has 104 valence electrons. The molecule has 1 aromatic carbocycles. The first-order chi connectivity index (χ1) is 9.88. The molecule has 20 heavy (non-hydrogen) atoms. The van der Waals surface area contributed by atoms with Crippen molar-refractivity contribution in [1.82, 2.24) is 4.90 Å². The number of fused-ring (bicyclic) bond motifs is 2. The van der Waals surface area contributed by atoms with E-state index in [1.807, 2.05) is 11.3 Å². The normalized spacial score (nSPS) is 21.9. The van der Waals surface area contributed by atoms with Crippen molar-refractivity contribution < 1.29 is 0 Å². The molecule has 0 amide bonds. The average Bonchev–Trinajstić information content (AvgIpc) is 2.95. The van der Waals surface area contributed by atoms with Gasteiger partial charge in [0.05, 0.1) is 0 Å². The van der Waals surface area contributed by atoms with E-state index in [-0.39, 0.29) is 0 Å². The third-order valence-corrected chi connectivity index (χ3v) is 5.53. The lowest BCUT2D eigenvalue weighted by atomic mass is 9.93. The minimum atomic E-state index is 0.741. The molecule has 1 aromatic heterocycles. The molecule has 4 rings (SSSR count). The van der Waals surface area contributed by atoms with Gasteiger partial charge in [0, 0.05) is 36.7 Å². The second-order valence-electron chi connectivity index (χ2n) is 5.96. The standard InChI is InChI=1S/C17H20N2S/c1-2-4-16-14(3-1)9-13(10-18-16)11-19-7-5-17-15(12-19)6-8-20-17/h1-4,6,8,13,18H,5,7,9-12H2. The Labute approximate surface area is 124 Å². The van der Waals surface area contributed by atoms with Gasteiger partial charge in [-0.15, -0.1) is 11.3 Å². The molecule has 0 saturated heterocycles. The van der Waals surface area contributed by atoms with Gasteiger partial charge in [0.15, 0.2) is 0 Å². The second kappa shape index (κ2) is 5.23. The summed E-state index contributed by atoms with van der Waals surface area (Å²) in [6.07, 6.45) is 2.46. The van der Waals surface area contributed by atoms with Crippen molar-refractivity contribution in [3.63, 3.8) is 0 Å². The van der Waals surface area contributed by atoms with Crippen LogP contribution in [0.4, 0.5) is 5.69 Å². The number of benzene rings is 1. The Morgan fingerprint density at radius 2 is 2.15 bits per heavy atom. The van der Waals surface area contributed by atoms with Gasteiger partial charge in [0.1, 0.15) is 0 Å². The maximum absolute atomic E-state index is 3.59. The maximum Gasteiger partial charge on any atom is 0.0372 e. The summed E-state index contributed by atoms with van der Waals surface area (Å²) in [5.41, 5.74) is 4.38. The third-order valence-electron chi connectivity index (χ3n) is 4.51. The fourth-order valence-electron chi connectivity index (χ4n) is 3.47. The van der Waals surface area contributed by atoms with Crippen molar-refractivity contribution in [3.05, 3.63) is 51.7 Å². The quantitative estimate of drug-likeness (QED) is 0.909. The number of nitrogens with one attached hydrogen (secondary N) is 1. The molecule has 2 aromatic rings. The Hall–Kier alpha value is -1.32. The Bertz CT molecular complexity index is 605. The Morgan fingerprint density at radius 1 is 1.20 bits per heavy atom. The zero-order valence-electron chi connectivity index (χ0n) is 11.6. The van der Waals surface area contributed by atoms with E-state index >= 15 is 0 Å². The number of hydrogen-bond acceptors (Lipinski definition) is 3. The molecule has 1 unspecified atom stereocenters. The van der Waals surface area contributed by atoms with E-state index in [4.69, 9.17) is 0 Å². The van der Waals surface area contributed by atoms with Gasteiger partial charge in [0.25, 0.3) is 0 Å². The summed E-state index contributed by atoms with van der Waals surface area (Å²) >= 11 is 1.93. The lowest BCUT2D eigenvalue weighted by Gasteiger charge is -2.33. The van der Waals surface area contributed by atoms with E-state index in [9.17, 15) is 0 Å². The highest BCUT2D eigenvalue weighted by molar-refractivity contribution is 7.10. The summed E-state index contributed by atoms with van der Waals surface area (Å²) in [7, 11) is 0. The topological polar surface area (TPSA) is 15.3 Å². The van der Waals surface area contributed by atoms with Gasteiger partial charge in [0.2, 0.25) is 0 Å². The van der Waals surface area contributed by atoms with E-state index < -0.39 is 0 Å². The number of thiophene rings is 1. The monoisotopic (exact) mass is 284 g/mol. The van der Waals surface area contributed by atoms with Crippen LogP contribution in [-0.2, 0) is 19.4 Å². The molecule has 3 heterocycles. The predicted octanol–water partition coefficient (Wildman–Crippen LogP) is 3.39. The van der Waals surface area contributed by atoms with Crippen LogP contribution in [0.3, 0.4) is 0 Å². The molecular weight excluding hydrogens is 264 g/mol. The molecule has 1 atom stereocenters. The fraction of sp³-hybridized carbons (Fsp3) is 0.412. The van der Waals surface area contributed by atoms with Gasteiger partial charge in [-0.05, 0) is 47.4 Å². The zero-order valence-corrected chi connectivity index (χ0v) is 12.5. The fourth-order valence-corrected chi connectivity index (χ4v) is 4.35. The summed E-state index contributed by atoms with van der Waals surface area (Å²) in [6.45, 7) is 4.71. The van der Waals surface area contributed by atoms with Gasteiger partial charge in [-0.25, -0.2) is 0 Å². The van der Waals surface area contributed by atoms with Crippen LogP contribution in [0.5, 0.6) is 0 Å². The van der Waals surface area contributed by atoms with Crippen molar-refractivity contribution in [2.24, 2.45) is 5.92 Å². The highest BCUT2D eigenvalue weighted by Crippen LogP contribution is 2.28. The Morgan fingerprint density at radius 3 is 3.15 bits per heavy atom. The molecule has 0 radical (unpaired) electrons. The van der Waals surface area contributed by atoms with Crippen LogP contribution in [0.15, 0.2) is 35.7 Å². The lowest BCUT2D eigenvalue weighted by molar-refractivity contribution is 0.217. The number of rotatable bonds is 2. The zero-order chi connectivity index (χ0) is 13.4. The van der Waals surface area contributed by atoms with Crippen LogP contribution < -0.4 is 5.32 Å². The Balaban J connectivity index is 1.42. The molecule has 0 fully saturated rings. The van der Waals surface area contributed by atoms with Crippen LogP contribution in [-0.4, -0.2) is 24.5 Å². The lowest BCUT2D eigenvalue weighted by Crippen LogP contribution is -2.38. The summed E-state index contributed by atoms with van der Waals surface area (Å²) < 4.78 is 0. The minimum absolute atomic E-state index is 0.741. The van der Waals surface area contributed by atoms with E-state index in [1.54, 1.807) is 10.4 Å². The molecular formula is C17H20N2S. The van der Waals surface area contributed by atoms with E-state index in [0.29, 0.717) is 0 Å². The van der Waals surface area contributed by atoms with Crippen LogP contribution >= 0.6 is 11.3 Å². The molecule has 1 N–H and O–H groups in total. The second-order valence-corrected chi connectivity index (χ2v) is 6.96. The van der Waals surface area contributed by atoms with Crippen molar-refractivity contribution in [1.29, 1.82) is 0 Å². The first-order valence-electron chi connectivity index (χ1n) is 7.48. The highest BCUT2D eigenvalue weighted by Gasteiger charge is 2.23. The molecule has 2 nitrogen and oxygen atoms in total.